The van der Waals surface area contributed by atoms with E-state index in [1.54, 1.807) is 23.5 Å². The summed E-state index contributed by atoms with van der Waals surface area (Å²) in [5, 5.41) is 5.18. The summed E-state index contributed by atoms with van der Waals surface area (Å²) >= 11 is 1.72. The van der Waals surface area contributed by atoms with Crippen molar-refractivity contribution < 1.29 is 14.3 Å². The van der Waals surface area contributed by atoms with E-state index in [0.717, 1.165) is 32.1 Å². The maximum atomic E-state index is 12.7. The molecule has 1 N–H and O–H groups in total. The molecule has 0 aliphatic carbocycles. The highest BCUT2D eigenvalue weighted by Crippen LogP contribution is 2.26. The van der Waals surface area contributed by atoms with Crippen LogP contribution in [0, 0.1) is 0 Å². The van der Waals surface area contributed by atoms with E-state index < -0.39 is 0 Å². The van der Waals surface area contributed by atoms with Crippen LogP contribution in [0.3, 0.4) is 0 Å². The number of rotatable bonds is 7. The molecule has 0 radical (unpaired) electrons. The van der Waals surface area contributed by atoms with E-state index in [-0.39, 0.29) is 11.9 Å². The zero-order valence-corrected chi connectivity index (χ0v) is 16.9. The number of thiophene rings is 1. The predicted molar refractivity (Wildman–Crippen MR) is 115 cm³/mol. The van der Waals surface area contributed by atoms with Gasteiger partial charge in [-0.1, -0.05) is 24.3 Å². The molecule has 1 amide bonds. The summed E-state index contributed by atoms with van der Waals surface area (Å²) in [7, 11) is 0. The van der Waals surface area contributed by atoms with Crippen molar-refractivity contribution >= 4 is 17.2 Å². The van der Waals surface area contributed by atoms with Gasteiger partial charge in [-0.05, 0) is 47.8 Å². The molecule has 4 rings (SSSR count). The van der Waals surface area contributed by atoms with Crippen molar-refractivity contribution in [3.63, 3.8) is 0 Å². The summed E-state index contributed by atoms with van der Waals surface area (Å²) < 4.78 is 11.3. The summed E-state index contributed by atoms with van der Waals surface area (Å²) in [5.41, 5.74) is 0.623. The van der Waals surface area contributed by atoms with E-state index in [1.165, 1.54) is 4.88 Å². The van der Waals surface area contributed by atoms with Crippen LogP contribution in [-0.4, -0.2) is 43.7 Å². The fraction of sp³-hybridized carbons (Fsp3) is 0.261. The van der Waals surface area contributed by atoms with Gasteiger partial charge >= 0.3 is 0 Å². The first-order valence-corrected chi connectivity index (χ1v) is 10.6. The summed E-state index contributed by atoms with van der Waals surface area (Å²) in [6.07, 6.45) is 0. The molecule has 29 heavy (non-hydrogen) atoms. The van der Waals surface area contributed by atoms with Gasteiger partial charge in [-0.2, -0.15) is 0 Å². The average molecular weight is 409 g/mol. The van der Waals surface area contributed by atoms with Crippen molar-refractivity contribution in [2.75, 3.05) is 32.8 Å². The normalized spacial score (nSPS) is 15.6. The van der Waals surface area contributed by atoms with Crippen molar-refractivity contribution in [2.45, 2.75) is 6.04 Å². The van der Waals surface area contributed by atoms with Crippen LogP contribution in [0.1, 0.15) is 21.3 Å². The van der Waals surface area contributed by atoms with Gasteiger partial charge in [0, 0.05) is 30.1 Å². The number of nitrogens with zero attached hydrogens (tertiary/aromatic N) is 1. The van der Waals surface area contributed by atoms with Crippen molar-refractivity contribution in [2.24, 2.45) is 0 Å². The molecule has 0 bridgehead atoms. The van der Waals surface area contributed by atoms with Crippen LogP contribution >= 0.6 is 11.3 Å². The lowest BCUT2D eigenvalue weighted by molar-refractivity contribution is 0.0169. The monoisotopic (exact) mass is 408 g/mol. The van der Waals surface area contributed by atoms with Gasteiger partial charge in [-0.15, -0.1) is 11.3 Å². The number of benzene rings is 2. The fourth-order valence-corrected chi connectivity index (χ4v) is 4.23. The lowest BCUT2D eigenvalue weighted by Crippen LogP contribution is -2.43. The molecule has 1 fully saturated rings. The predicted octanol–water partition coefficient (Wildman–Crippen LogP) is 4.34. The van der Waals surface area contributed by atoms with Gasteiger partial charge < -0.3 is 14.8 Å². The number of carbonyl (C=O) groups is 1. The third-order valence-electron chi connectivity index (χ3n) is 4.91. The first-order valence-electron chi connectivity index (χ1n) is 9.76. The van der Waals surface area contributed by atoms with E-state index in [9.17, 15) is 4.79 Å². The molecule has 0 spiro atoms. The Labute approximate surface area is 174 Å². The second-order valence-electron chi connectivity index (χ2n) is 6.83. The Balaban J connectivity index is 1.37. The van der Waals surface area contributed by atoms with Gasteiger partial charge in [-0.25, -0.2) is 0 Å². The Hall–Kier alpha value is -2.67. The smallest absolute Gasteiger partial charge is 0.251 e. The van der Waals surface area contributed by atoms with Gasteiger partial charge in [0.25, 0.3) is 5.91 Å². The number of carbonyl (C=O) groups excluding carboxylic acids is 1. The van der Waals surface area contributed by atoms with Crippen LogP contribution in [0.2, 0.25) is 0 Å². The highest BCUT2D eigenvalue weighted by molar-refractivity contribution is 7.10. The van der Waals surface area contributed by atoms with Gasteiger partial charge in [-0.3, -0.25) is 9.69 Å². The largest absolute Gasteiger partial charge is 0.457 e. The Morgan fingerprint density at radius 3 is 2.41 bits per heavy atom. The van der Waals surface area contributed by atoms with Crippen molar-refractivity contribution in [3.05, 3.63) is 82.6 Å². The molecule has 1 saturated heterocycles. The Morgan fingerprint density at radius 2 is 1.72 bits per heavy atom. The van der Waals surface area contributed by atoms with Crippen molar-refractivity contribution in [3.8, 4) is 11.5 Å². The number of nitrogens with one attached hydrogen (secondary N) is 1. The molecule has 1 aromatic heterocycles. The average Bonchev–Trinajstić information content (AvgIpc) is 3.30. The summed E-state index contributed by atoms with van der Waals surface area (Å²) in [5.74, 6) is 1.40. The lowest BCUT2D eigenvalue weighted by Gasteiger charge is -2.34. The second kappa shape index (κ2) is 9.69. The van der Waals surface area contributed by atoms with Crippen molar-refractivity contribution in [1.29, 1.82) is 0 Å². The minimum Gasteiger partial charge on any atom is -0.457 e. The number of hydrogen-bond donors (Lipinski definition) is 1. The van der Waals surface area contributed by atoms with Crippen molar-refractivity contribution in [1.82, 2.24) is 10.2 Å². The van der Waals surface area contributed by atoms with E-state index in [1.807, 2.05) is 42.5 Å². The molecule has 2 aromatic carbocycles. The molecular weight excluding hydrogens is 384 g/mol. The minimum absolute atomic E-state index is 0.0777. The topological polar surface area (TPSA) is 50.8 Å². The molecule has 6 heteroatoms. The first kappa shape index (κ1) is 19.6. The number of amides is 1. The zero-order chi connectivity index (χ0) is 19.9. The van der Waals surface area contributed by atoms with Crippen LogP contribution < -0.4 is 10.1 Å². The third kappa shape index (κ3) is 5.23. The molecule has 0 unspecified atom stereocenters. The molecule has 1 aliphatic rings. The summed E-state index contributed by atoms with van der Waals surface area (Å²) in [4.78, 5) is 16.3. The van der Waals surface area contributed by atoms with E-state index in [2.05, 4.69) is 27.7 Å². The first-order chi connectivity index (χ1) is 14.3. The lowest BCUT2D eigenvalue weighted by atomic mass is 10.1. The molecule has 5 nitrogen and oxygen atoms in total. The van der Waals surface area contributed by atoms with Crippen LogP contribution in [-0.2, 0) is 4.74 Å². The third-order valence-corrected chi connectivity index (χ3v) is 5.88. The molecule has 150 valence electrons. The highest BCUT2D eigenvalue weighted by Gasteiger charge is 2.24. The second-order valence-corrected chi connectivity index (χ2v) is 7.81. The number of ether oxygens (including phenoxy) is 2. The van der Waals surface area contributed by atoms with Crippen LogP contribution in [0.25, 0.3) is 0 Å². The standard InChI is InChI=1S/C23H24N2O3S/c26-23(18-8-10-20(11-9-18)28-19-5-2-1-3-6-19)24-17-21(22-7-4-16-29-22)25-12-14-27-15-13-25/h1-11,16,21H,12-15,17H2,(H,24,26)/t21-/m0/s1. The van der Waals surface area contributed by atoms with E-state index in [0.29, 0.717) is 17.9 Å². The molecule has 0 saturated carbocycles. The molecular formula is C23H24N2O3S. The minimum atomic E-state index is -0.0777. The zero-order valence-electron chi connectivity index (χ0n) is 16.1. The Bertz CT molecular complexity index is 892. The molecule has 1 atom stereocenters. The maximum absolute atomic E-state index is 12.7. The van der Waals surface area contributed by atoms with Gasteiger partial charge in [0.1, 0.15) is 11.5 Å². The van der Waals surface area contributed by atoms with Gasteiger partial charge in [0.2, 0.25) is 0 Å². The van der Waals surface area contributed by atoms with Crippen LogP contribution in [0.5, 0.6) is 11.5 Å². The molecule has 1 aliphatic heterocycles. The fourth-order valence-electron chi connectivity index (χ4n) is 3.37. The van der Waals surface area contributed by atoms with E-state index >= 15 is 0 Å². The number of hydrogen-bond acceptors (Lipinski definition) is 5. The molecule has 2 heterocycles. The van der Waals surface area contributed by atoms with Crippen LogP contribution in [0.15, 0.2) is 72.1 Å². The number of morpholine rings is 1. The highest BCUT2D eigenvalue weighted by atomic mass is 32.1. The Morgan fingerprint density at radius 1 is 1.00 bits per heavy atom. The Kier molecular flexibility index (Phi) is 6.56. The quantitative estimate of drug-likeness (QED) is 0.632. The van der Waals surface area contributed by atoms with Gasteiger partial charge in [0.15, 0.2) is 0 Å². The number of para-hydroxylation sites is 1. The SMILES string of the molecule is O=C(NC[C@@H](c1cccs1)N1CCOCC1)c1ccc(Oc2ccccc2)cc1. The maximum Gasteiger partial charge on any atom is 0.251 e. The summed E-state index contributed by atoms with van der Waals surface area (Å²) in [6, 6.07) is 21.2. The van der Waals surface area contributed by atoms with E-state index in [4.69, 9.17) is 9.47 Å². The van der Waals surface area contributed by atoms with Gasteiger partial charge in [0.05, 0.1) is 19.3 Å². The molecule has 3 aromatic rings. The van der Waals surface area contributed by atoms with Crippen LogP contribution in [0.4, 0.5) is 0 Å². The summed E-state index contributed by atoms with van der Waals surface area (Å²) in [6.45, 7) is 3.80.